The van der Waals surface area contributed by atoms with Crippen molar-refractivity contribution >= 4 is 11.8 Å². The number of allylic oxidation sites excluding steroid dienone is 2. The molecule has 1 unspecified atom stereocenters. The van der Waals surface area contributed by atoms with Gasteiger partial charge >= 0.3 is 0 Å². The van der Waals surface area contributed by atoms with E-state index in [1.165, 1.54) is 24.9 Å². The molecule has 1 atom stereocenters. The summed E-state index contributed by atoms with van der Waals surface area (Å²) in [5.74, 6) is 0. The molecule has 1 saturated heterocycles. The van der Waals surface area contributed by atoms with E-state index in [1.54, 1.807) is 6.21 Å². The highest BCUT2D eigenvalue weighted by atomic mass is 15.1. The van der Waals surface area contributed by atoms with E-state index in [1.807, 2.05) is 6.07 Å². The third kappa shape index (κ3) is 3.23. The van der Waals surface area contributed by atoms with Gasteiger partial charge in [-0.2, -0.15) is 5.26 Å². The Labute approximate surface area is 120 Å². The molecule has 0 N–H and O–H groups in total. The lowest BCUT2D eigenvalue weighted by Gasteiger charge is -2.19. The predicted octanol–water partition coefficient (Wildman–Crippen LogP) is 3.57. The monoisotopic (exact) mass is 265 g/mol. The first-order valence-corrected chi connectivity index (χ1v) is 6.74. The van der Waals surface area contributed by atoms with Crippen LogP contribution in [0.4, 0.5) is 0 Å². The van der Waals surface area contributed by atoms with E-state index in [9.17, 15) is 0 Å². The Balaban J connectivity index is 2.08. The standard InChI is InChI=1S/C17H19N3/c1-13(12-19-14(2)11-18)15-6-8-16(9-7-15)17-5-4-10-20(17)3/h6-9,12,17H,1-2,4-5,10H2,3H3. The molecule has 1 aromatic carbocycles. The summed E-state index contributed by atoms with van der Waals surface area (Å²) in [6, 6.07) is 10.8. The Morgan fingerprint density at radius 2 is 2.10 bits per heavy atom. The number of nitriles is 1. The lowest BCUT2D eigenvalue weighted by Crippen LogP contribution is -2.17. The van der Waals surface area contributed by atoms with Gasteiger partial charge < -0.3 is 0 Å². The highest BCUT2D eigenvalue weighted by Crippen LogP contribution is 2.30. The molecule has 3 nitrogen and oxygen atoms in total. The van der Waals surface area contributed by atoms with Gasteiger partial charge in [-0.25, -0.2) is 4.99 Å². The summed E-state index contributed by atoms with van der Waals surface area (Å²) < 4.78 is 0. The van der Waals surface area contributed by atoms with Crippen molar-refractivity contribution in [1.29, 1.82) is 5.26 Å². The van der Waals surface area contributed by atoms with Gasteiger partial charge in [0.05, 0.1) is 0 Å². The van der Waals surface area contributed by atoms with E-state index in [2.05, 4.69) is 54.4 Å². The summed E-state index contributed by atoms with van der Waals surface area (Å²) in [5.41, 5.74) is 3.34. The molecule has 0 spiro atoms. The van der Waals surface area contributed by atoms with E-state index in [-0.39, 0.29) is 5.70 Å². The second-order valence-electron chi connectivity index (χ2n) is 5.10. The molecule has 0 bridgehead atoms. The molecule has 1 aliphatic rings. The highest BCUT2D eigenvalue weighted by molar-refractivity contribution is 6.09. The molecule has 1 aliphatic heterocycles. The second kappa shape index (κ2) is 6.31. The maximum atomic E-state index is 8.60. The van der Waals surface area contributed by atoms with Crippen molar-refractivity contribution in [2.45, 2.75) is 18.9 Å². The summed E-state index contributed by atoms with van der Waals surface area (Å²) in [4.78, 5) is 6.33. The molecular formula is C17H19N3. The minimum atomic E-state index is 0.190. The van der Waals surface area contributed by atoms with E-state index in [0.29, 0.717) is 6.04 Å². The molecule has 3 heteroatoms. The number of rotatable bonds is 4. The summed E-state index contributed by atoms with van der Waals surface area (Å²) in [5, 5.41) is 8.60. The smallest absolute Gasteiger partial charge is 0.133 e. The quantitative estimate of drug-likeness (QED) is 0.616. The Morgan fingerprint density at radius 1 is 1.40 bits per heavy atom. The molecular weight excluding hydrogens is 246 g/mol. The first kappa shape index (κ1) is 14.2. The minimum Gasteiger partial charge on any atom is -0.299 e. The third-order valence-electron chi connectivity index (χ3n) is 3.69. The van der Waals surface area contributed by atoms with Gasteiger partial charge in [0.2, 0.25) is 0 Å². The zero-order valence-electron chi connectivity index (χ0n) is 11.8. The number of hydrogen-bond donors (Lipinski definition) is 0. The van der Waals surface area contributed by atoms with Crippen LogP contribution in [0.2, 0.25) is 0 Å². The van der Waals surface area contributed by atoms with Crippen LogP contribution in [0.5, 0.6) is 0 Å². The van der Waals surface area contributed by atoms with E-state index in [4.69, 9.17) is 5.26 Å². The molecule has 0 aromatic heterocycles. The van der Waals surface area contributed by atoms with Gasteiger partial charge in [-0.1, -0.05) is 37.4 Å². The second-order valence-corrected chi connectivity index (χ2v) is 5.10. The van der Waals surface area contributed by atoms with Crippen molar-refractivity contribution in [1.82, 2.24) is 4.90 Å². The fourth-order valence-corrected chi connectivity index (χ4v) is 2.51. The zero-order valence-corrected chi connectivity index (χ0v) is 11.8. The number of aliphatic imine (C=N–C) groups is 1. The molecule has 0 aliphatic carbocycles. The van der Waals surface area contributed by atoms with Gasteiger partial charge in [-0.3, -0.25) is 4.90 Å². The van der Waals surface area contributed by atoms with Crippen LogP contribution in [0.1, 0.15) is 30.0 Å². The summed E-state index contributed by atoms with van der Waals surface area (Å²) in [6.45, 7) is 8.64. The van der Waals surface area contributed by atoms with Crippen LogP contribution in [-0.2, 0) is 0 Å². The summed E-state index contributed by atoms with van der Waals surface area (Å²) in [6.07, 6.45) is 4.07. The summed E-state index contributed by atoms with van der Waals surface area (Å²) >= 11 is 0. The lowest BCUT2D eigenvalue weighted by molar-refractivity contribution is 0.317. The fraction of sp³-hybridized carbons (Fsp3) is 0.294. The average Bonchev–Trinajstić information content (AvgIpc) is 2.90. The molecule has 0 amide bonds. The Kier molecular flexibility index (Phi) is 4.49. The van der Waals surface area contributed by atoms with Gasteiger partial charge in [0.1, 0.15) is 11.8 Å². The first-order valence-electron chi connectivity index (χ1n) is 6.74. The maximum Gasteiger partial charge on any atom is 0.133 e. The molecule has 20 heavy (non-hydrogen) atoms. The van der Waals surface area contributed by atoms with Crippen molar-refractivity contribution in [3.63, 3.8) is 0 Å². The molecule has 2 rings (SSSR count). The maximum absolute atomic E-state index is 8.60. The van der Waals surface area contributed by atoms with Gasteiger partial charge in [0.25, 0.3) is 0 Å². The molecule has 0 radical (unpaired) electrons. The van der Waals surface area contributed by atoms with Crippen molar-refractivity contribution < 1.29 is 0 Å². The topological polar surface area (TPSA) is 39.4 Å². The zero-order chi connectivity index (χ0) is 14.5. The van der Waals surface area contributed by atoms with Gasteiger partial charge in [-0.15, -0.1) is 0 Å². The molecule has 1 fully saturated rings. The van der Waals surface area contributed by atoms with Gasteiger partial charge in [0.15, 0.2) is 0 Å². The average molecular weight is 265 g/mol. The third-order valence-corrected chi connectivity index (χ3v) is 3.69. The van der Waals surface area contributed by atoms with Crippen LogP contribution in [0.15, 0.2) is 48.1 Å². The first-order chi connectivity index (χ1) is 9.61. The van der Waals surface area contributed by atoms with Crippen molar-refractivity contribution in [3.05, 3.63) is 54.2 Å². The van der Waals surface area contributed by atoms with Crippen molar-refractivity contribution in [2.24, 2.45) is 4.99 Å². The van der Waals surface area contributed by atoms with Crippen LogP contribution < -0.4 is 0 Å². The number of hydrogen-bond acceptors (Lipinski definition) is 3. The SMILES string of the molecule is C=C(C#N)N=CC(=C)c1ccc(C2CCCN2C)cc1. The lowest BCUT2D eigenvalue weighted by atomic mass is 10.0. The Bertz CT molecular complexity index is 575. The van der Waals surface area contributed by atoms with Crippen LogP contribution in [0.25, 0.3) is 5.57 Å². The van der Waals surface area contributed by atoms with Gasteiger partial charge in [0, 0.05) is 12.3 Å². The summed E-state index contributed by atoms with van der Waals surface area (Å²) in [7, 11) is 2.17. The fourth-order valence-electron chi connectivity index (χ4n) is 2.51. The normalized spacial score (nSPS) is 19.1. The Morgan fingerprint density at radius 3 is 2.65 bits per heavy atom. The largest absolute Gasteiger partial charge is 0.299 e. The van der Waals surface area contributed by atoms with Crippen LogP contribution in [-0.4, -0.2) is 24.7 Å². The number of likely N-dealkylation sites (tertiary alicyclic amines) is 1. The highest BCUT2D eigenvalue weighted by Gasteiger charge is 2.22. The van der Waals surface area contributed by atoms with Crippen molar-refractivity contribution in [2.75, 3.05) is 13.6 Å². The Hall–Kier alpha value is -2.18. The van der Waals surface area contributed by atoms with Crippen molar-refractivity contribution in [3.8, 4) is 6.07 Å². The number of benzene rings is 1. The molecule has 0 saturated carbocycles. The molecule has 1 aromatic rings. The predicted molar refractivity (Wildman–Crippen MR) is 83.3 cm³/mol. The van der Waals surface area contributed by atoms with E-state index >= 15 is 0 Å². The van der Waals surface area contributed by atoms with Gasteiger partial charge in [-0.05, 0) is 43.1 Å². The molecule has 1 heterocycles. The van der Waals surface area contributed by atoms with E-state index < -0.39 is 0 Å². The van der Waals surface area contributed by atoms with E-state index in [0.717, 1.165) is 11.1 Å². The van der Waals surface area contributed by atoms with Crippen LogP contribution in [0.3, 0.4) is 0 Å². The van der Waals surface area contributed by atoms with Crippen LogP contribution in [0, 0.1) is 11.3 Å². The minimum absolute atomic E-state index is 0.190. The number of nitrogens with zero attached hydrogens (tertiary/aromatic N) is 3. The van der Waals surface area contributed by atoms with Crippen LogP contribution >= 0.6 is 0 Å². The molecule has 102 valence electrons.